The topological polar surface area (TPSA) is 95.5 Å². The molecule has 6 nitrogen and oxygen atoms in total. The van der Waals surface area contributed by atoms with Crippen LogP contribution in [-0.2, 0) is 4.79 Å². The standard InChI is InChI=1S/C28H17Cl4FN2O4S/c29-21-19(20(28(38)39)22(30)24(32)23(21)31)26(36)34-15-10-12-16(13-11-15)40-25(14-6-2-1-3-7-14)27(37)35-18-9-5-4-8-17(18)33/h1-13,25H,(H,34,36)(H,35,37)(H,38,39). The second kappa shape index (κ2) is 12.9. The predicted octanol–water partition coefficient (Wildman–Crippen LogP) is 8.86. The average Bonchev–Trinajstić information content (AvgIpc) is 2.94. The van der Waals surface area contributed by atoms with Gasteiger partial charge < -0.3 is 15.7 Å². The summed E-state index contributed by atoms with van der Waals surface area (Å²) in [6.07, 6.45) is 0. The highest BCUT2D eigenvalue weighted by Crippen LogP contribution is 2.42. The molecule has 0 aliphatic carbocycles. The molecule has 2 amide bonds. The number of carboxylic acid groups (broad SMARTS) is 1. The second-order valence-corrected chi connectivity index (χ2v) is 10.9. The van der Waals surface area contributed by atoms with Crippen molar-refractivity contribution in [2.45, 2.75) is 10.1 Å². The van der Waals surface area contributed by atoms with Crippen molar-refractivity contribution in [1.29, 1.82) is 0 Å². The quantitative estimate of drug-likeness (QED) is 0.102. The van der Waals surface area contributed by atoms with E-state index in [1.807, 2.05) is 6.07 Å². The van der Waals surface area contributed by atoms with Gasteiger partial charge in [-0.15, -0.1) is 11.8 Å². The van der Waals surface area contributed by atoms with Crippen molar-refractivity contribution < 1.29 is 23.9 Å². The number of carbonyl (C=O) groups is 3. The molecule has 3 N–H and O–H groups in total. The van der Waals surface area contributed by atoms with Crippen molar-refractivity contribution >= 4 is 87.3 Å². The first-order valence-corrected chi connectivity index (χ1v) is 13.7. The predicted molar refractivity (Wildman–Crippen MR) is 158 cm³/mol. The third kappa shape index (κ3) is 6.54. The van der Waals surface area contributed by atoms with Gasteiger partial charge >= 0.3 is 5.97 Å². The summed E-state index contributed by atoms with van der Waals surface area (Å²) < 4.78 is 14.2. The van der Waals surface area contributed by atoms with Crippen LogP contribution in [0.4, 0.5) is 15.8 Å². The summed E-state index contributed by atoms with van der Waals surface area (Å²) in [5, 5.41) is 12.8. The Bertz CT molecular complexity index is 1600. The molecule has 0 aromatic heterocycles. The van der Waals surface area contributed by atoms with Gasteiger partial charge in [0, 0.05) is 10.6 Å². The van der Waals surface area contributed by atoms with Crippen molar-refractivity contribution in [3.63, 3.8) is 0 Å². The van der Waals surface area contributed by atoms with Gasteiger partial charge in [0.1, 0.15) is 11.1 Å². The van der Waals surface area contributed by atoms with Gasteiger partial charge in [0.05, 0.1) is 36.9 Å². The van der Waals surface area contributed by atoms with E-state index in [9.17, 15) is 23.9 Å². The molecule has 0 heterocycles. The van der Waals surface area contributed by atoms with E-state index >= 15 is 0 Å². The number of hydrogen-bond donors (Lipinski definition) is 3. The first kappa shape index (κ1) is 29.7. The lowest BCUT2D eigenvalue weighted by Gasteiger charge is -2.18. The number of rotatable bonds is 8. The third-order valence-electron chi connectivity index (χ3n) is 5.55. The minimum atomic E-state index is -1.51. The molecule has 0 aliphatic rings. The highest BCUT2D eigenvalue weighted by Gasteiger charge is 2.29. The lowest BCUT2D eigenvalue weighted by molar-refractivity contribution is -0.115. The smallest absolute Gasteiger partial charge is 0.338 e. The fourth-order valence-electron chi connectivity index (χ4n) is 3.65. The Balaban J connectivity index is 1.56. The summed E-state index contributed by atoms with van der Waals surface area (Å²) in [5.74, 6) is -3.36. The maximum Gasteiger partial charge on any atom is 0.338 e. The van der Waals surface area contributed by atoms with Crippen LogP contribution in [0.15, 0.2) is 83.8 Å². The van der Waals surface area contributed by atoms with Gasteiger partial charge in [-0.3, -0.25) is 9.59 Å². The molecule has 40 heavy (non-hydrogen) atoms. The van der Waals surface area contributed by atoms with Crippen LogP contribution in [0.1, 0.15) is 31.5 Å². The maximum atomic E-state index is 14.2. The Morgan fingerprint density at radius 1 is 0.725 bits per heavy atom. The van der Waals surface area contributed by atoms with E-state index in [1.54, 1.807) is 54.6 Å². The molecule has 0 bridgehead atoms. The molecule has 0 saturated carbocycles. The van der Waals surface area contributed by atoms with Gasteiger partial charge in [0.15, 0.2) is 0 Å². The van der Waals surface area contributed by atoms with E-state index in [-0.39, 0.29) is 20.8 Å². The molecule has 4 aromatic carbocycles. The number of para-hydroxylation sites is 1. The highest BCUT2D eigenvalue weighted by atomic mass is 35.5. The van der Waals surface area contributed by atoms with Gasteiger partial charge in [-0.05, 0) is 42.0 Å². The molecule has 1 unspecified atom stereocenters. The van der Waals surface area contributed by atoms with Crippen LogP contribution in [0.25, 0.3) is 0 Å². The lowest BCUT2D eigenvalue weighted by atomic mass is 10.1. The molecule has 1 atom stereocenters. The zero-order valence-electron chi connectivity index (χ0n) is 20.1. The Kier molecular flexibility index (Phi) is 9.60. The maximum absolute atomic E-state index is 14.2. The number of halogens is 5. The van der Waals surface area contributed by atoms with Gasteiger partial charge in [0.2, 0.25) is 5.91 Å². The molecule has 4 rings (SSSR count). The lowest BCUT2D eigenvalue weighted by Crippen LogP contribution is -2.19. The van der Waals surface area contributed by atoms with Crippen LogP contribution in [0.5, 0.6) is 0 Å². The zero-order chi connectivity index (χ0) is 29.0. The SMILES string of the molecule is O=C(O)c1c(Cl)c(Cl)c(Cl)c(Cl)c1C(=O)Nc1ccc(SC(C(=O)Nc2ccccc2F)c2ccccc2)cc1. The summed E-state index contributed by atoms with van der Waals surface area (Å²) in [6, 6.07) is 21.3. The Morgan fingerprint density at radius 2 is 1.30 bits per heavy atom. The number of carboxylic acids is 1. The molecule has 12 heteroatoms. The Labute approximate surface area is 252 Å². The first-order valence-electron chi connectivity index (χ1n) is 11.4. The van der Waals surface area contributed by atoms with E-state index in [0.29, 0.717) is 16.1 Å². The summed E-state index contributed by atoms with van der Waals surface area (Å²) in [5.41, 5.74) is 0.0363. The average molecular weight is 638 g/mol. The number of benzene rings is 4. The number of aromatic carboxylic acids is 1. The number of thioether (sulfide) groups is 1. The van der Waals surface area contributed by atoms with E-state index in [2.05, 4.69) is 10.6 Å². The van der Waals surface area contributed by atoms with Gasteiger partial charge in [-0.1, -0.05) is 88.9 Å². The summed E-state index contributed by atoms with van der Waals surface area (Å²) in [6.45, 7) is 0. The number of nitrogens with one attached hydrogen (secondary N) is 2. The monoisotopic (exact) mass is 636 g/mol. The minimum absolute atomic E-state index is 0.0638. The van der Waals surface area contributed by atoms with Crippen LogP contribution in [0.2, 0.25) is 20.1 Å². The van der Waals surface area contributed by atoms with Gasteiger partial charge in [0.25, 0.3) is 5.91 Å². The van der Waals surface area contributed by atoms with Crippen molar-refractivity contribution in [2.75, 3.05) is 10.6 Å². The Morgan fingerprint density at radius 3 is 1.90 bits per heavy atom. The largest absolute Gasteiger partial charge is 0.478 e. The van der Waals surface area contributed by atoms with Crippen molar-refractivity contribution in [3.8, 4) is 0 Å². The van der Waals surface area contributed by atoms with Gasteiger partial charge in [-0.2, -0.15) is 0 Å². The van der Waals surface area contributed by atoms with E-state index < -0.39 is 45.0 Å². The van der Waals surface area contributed by atoms with E-state index in [4.69, 9.17) is 46.4 Å². The van der Waals surface area contributed by atoms with E-state index in [1.165, 1.54) is 30.0 Å². The molecule has 0 aliphatic heterocycles. The molecule has 0 radical (unpaired) electrons. The Hall–Kier alpha value is -3.27. The normalized spacial score (nSPS) is 11.5. The molecule has 204 valence electrons. The molecule has 4 aromatic rings. The minimum Gasteiger partial charge on any atom is -0.478 e. The number of amides is 2. The molecular formula is C28H17Cl4FN2O4S. The molecule has 0 saturated heterocycles. The summed E-state index contributed by atoms with van der Waals surface area (Å²) in [7, 11) is 0. The first-order chi connectivity index (χ1) is 19.1. The molecule has 0 fully saturated rings. The third-order valence-corrected chi connectivity index (χ3v) is 8.61. The number of anilines is 2. The molecular weight excluding hydrogens is 621 g/mol. The zero-order valence-corrected chi connectivity index (χ0v) is 23.9. The van der Waals surface area contributed by atoms with Gasteiger partial charge in [-0.25, -0.2) is 9.18 Å². The number of hydrogen-bond acceptors (Lipinski definition) is 4. The van der Waals surface area contributed by atoms with Crippen molar-refractivity contribution in [2.24, 2.45) is 0 Å². The van der Waals surface area contributed by atoms with Crippen LogP contribution in [-0.4, -0.2) is 22.9 Å². The fourth-order valence-corrected chi connectivity index (χ4v) is 5.70. The second-order valence-electron chi connectivity index (χ2n) is 8.17. The van der Waals surface area contributed by atoms with Crippen LogP contribution in [0, 0.1) is 5.82 Å². The van der Waals surface area contributed by atoms with Crippen molar-refractivity contribution in [1.82, 2.24) is 0 Å². The van der Waals surface area contributed by atoms with E-state index in [0.717, 1.165) is 0 Å². The van der Waals surface area contributed by atoms with Crippen LogP contribution < -0.4 is 10.6 Å². The van der Waals surface area contributed by atoms with Crippen LogP contribution >= 0.6 is 58.2 Å². The van der Waals surface area contributed by atoms with Crippen LogP contribution in [0.3, 0.4) is 0 Å². The summed E-state index contributed by atoms with van der Waals surface area (Å²) in [4.78, 5) is 38.6. The van der Waals surface area contributed by atoms with Crippen molar-refractivity contribution in [3.05, 3.63) is 121 Å². The summed E-state index contributed by atoms with van der Waals surface area (Å²) >= 11 is 25.4. The molecule has 0 spiro atoms. The fraction of sp³-hybridized carbons (Fsp3) is 0.0357. The number of carbonyl (C=O) groups excluding carboxylic acids is 2. The highest BCUT2D eigenvalue weighted by molar-refractivity contribution is 8.00.